The van der Waals surface area contributed by atoms with Gasteiger partial charge in [-0.3, -0.25) is 9.52 Å². The Morgan fingerprint density at radius 1 is 1.12 bits per heavy atom. The van der Waals surface area contributed by atoms with Gasteiger partial charge >= 0.3 is 0 Å². The van der Waals surface area contributed by atoms with Gasteiger partial charge in [0, 0.05) is 12.1 Å². The molecule has 0 saturated heterocycles. The van der Waals surface area contributed by atoms with E-state index in [1.165, 1.54) is 18.2 Å². The first-order valence-electron chi connectivity index (χ1n) is 8.51. The molecular formula is C19H23ClN2O3S. The number of carbonyl (C=O) groups excluding carboxylic acids is 1. The van der Waals surface area contributed by atoms with Gasteiger partial charge in [0.2, 0.25) is 0 Å². The first-order chi connectivity index (χ1) is 12.3. The van der Waals surface area contributed by atoms with E-state index in [1.54, 1.807) is 25.1 Å². The van der Waals surface area contributed by atoms with Crippen LogP contribution in [0.25, 0.3) is 0 Å². The van der Waals surface area contributed by atoms with Crippen molar-refractivity contribution in [2.45, 2.75) is 38.0 Å². The smallest absolute Gasteiger partial charge is 0.263 e. The molecule has 26 heavy (non-hydrogen) atoms. The first-order valence-corrected chi connectivity index (χ1v) is 10.4. The van der Waals surface area contributed by atoms with E-state index in [2.05, 4.69) is 17.0 Å². The predicted octanol–water partition coefficient (Wildman–Crippen LogP) is 4.37. The van der Waals surface area contributed by atoms with E-state index in [9.17, 15) is 13.2 Å². The maximum absolute atomic E-state index is 12.7. The van der Waals surface area contributed by atoms with Crippen molar-refractivity contribution in [1.29, 1.82) is 0 Å². The number of sulfonamides is 1. The van der Waals surface area contributed by atoms with Crippen molar-refractivity contribution in [3.8, 4) is 0 Å². The Hall–Kier alpha value is -2.05. The van der Waals surface area contributed by atoms with Gasteiger partial charge < -0.3 is 5.32 Å². The lowest BCUT2D eigenvalue weighted by Gasteiger charge is -2.13. The molecule has 2 aromatic carbocycles. The lowest BCUT2D eigenvalue weighted by Crippen LogP contribution is -2.25. The number of rotatable bonds is 8. The second kappa shape index (κ2) is 9.05. The van der Waals surface area contributed by atoms with Crippen LogP contribution in [0.2, 0.25) is 5.02 Å². The summed E-state index contributed by atoms with van der Waals surface area (Å²) in [6.07, 6.45) is 2.97. The van der Waals surface area contributed by atoms with Gasteiger partial charge in [-0.05, 0) is 43.2 Å². The Bertz CT molecular complexity index is 882. The van der Waals surface area contributed by atoms with Crippen LogP contribution in [0.5, 0.6) is 0 Å². The molecule has 0 radical (unpaired) electrons. The molecule has 2 N–H and O–H groups in total. The van der Waals surface area contributed by atoms with Crippen LogP contribution in [0.1, 0.15) is 42.1 Å². The molecule has 140 valence electrons. The van der Waals surface area contributed by atoms with E-state index < -0.39 is 10.0 Å². The summed E-state index contributed by atoms with van der Waals surface area (Å²) in [6.45, 7) is 4.44. The fourth-order valence-corrected chi connectivity index (χ4v) is 4.07. The monoisotopic (exact) mass is 394 g/mol. The third kappa shape index (κ3) is 5.22. The summed E-state index contributed by atoms with van der Waals surface area (Å²) in [6, 6.07) is 11.3. The molecule has 0 aromatic heterocycles. The highest BCUT2D eigenvalue weighted by Crippen LogP contribution is 2.26. The van der Waals surface area contributed by atoms with Gasteiger partial charge in [-0.1, -0.05) is 49.6 Å². The predicted molar refractivity (Wildman–Crippen MR) is 105 cm³/mol. The van der Waals surface area contributed by atoms with Crippen LogP contribution in [0.3, 0.4) is 0 Å². The summed E-state index contributed by atoms with van der Waals surface area (Å²) in [5.74, 6) is -0.315. The number of unbranched alkanes of at least 4 members (excludes halogenated alkanes) is 2. The Labute approximate surface area is 159 Å². The van der Waals surface area contributed by atoms with Crippen molar-refractivity contribution < 1.29 is 13.2 Å². The van der Waals surface area contributed by atoms with Crippen molar-refractivity contribution in [2.24, 2.45) is 0 Å². The number of amides is 1. The summed E-state index contributed by atoms with van der Waals surface area (Å²) >= 11 is 6.09. The van der Waals surface area contributed by atoms with Crippen molar-refractivity contribution in [2.75, 3.05) is 11.3 Å². The number of para-hydroxylation sites is 1. The second-order valence-electron chi connectivity index (χ2n) is 6.03. The zero-order valence-corrected chi connectivity index (χ0v) is 16.5. The Balaban J connectivity index is 2.23. The topological polar surface area (TPSA) is 75.3 Å². The van der Waals surface area contributed by atoms with E-state index in [0.717, 1.165) is 24.8 Å². The molecule has 2 aromatic rings. The molecule has 7 heteroatoms. The molecular weight excluding hydrogens is 372 g/mol. The number of nitrogens with one attached hydrogen (secondary N) is 2. The highest BCUT2D eigenvalue weighted by atomic mass is 35.5. The fourth-order valence-electron chi connectivity index (χ4n) is 2.42. The molecule has 1 amide bonds. The third-order valence-corrected chi connectivity index (χ3v) is 5.79. The highest BCUT2D eigenvalue weighted by molar-refractivity contribution is 7.92. The molecule has 0 aliphatic heterocycles. The maximum Gasteiger partial charge on any atom is 0.263 e. The van der Waals surface area contributed by atoms with Gasteiger partial charge in [0.25, 0.3) is 15.9 Å². The van der Waals surface area contributed by atoms with Crippen molar-refractivity contribution in [3.05, 3.63) is 58.6 Å². The Morgan fingerprint density at radius 2 is 1.85 bits per heavy atom. The third-order valence-electron chi connectivity index (χ3n) is 3.94. The summed E-state index contributed by atoms with van der Waals surface area (Å²) in [7, 11) is -3.91. The fraction of sp³-hybridized carbons (Fsp3) is 0.316. The number of carbonyl (C=O) groups is 1. The Morgan fingerprint density at radius 3 is 2.54 bits per heavy atom. The number of hydrogen-bond donors (Lipinski definition) is 2. The minimum absolute atomic E-state index is 0.0635. The van der Waals surface area contributed by atoms with E-state index >= 15 is 0 Å². The molecule has 0 unspecified atom stereocenters. The number of aryl methyl sites for hydroxylation is 1. The molecule has 2 rings (SSSR count). The zero-order valence-electron chi connectivity index (χ0n) is 14.9. The summed E-state index contributed by atoms with van der Waals surface area (Å²) < 4.78 is 28.0. The van der Waals surface area contributed by atoms with Crippen LogP contribution in [0.15, 0.2) is 47.4 Å². The number of hydrogen-bond acceptors (Lipinski definition) is 3. The molecule has 0 aliphatic rings. The van der Waals surface area contributed by atoms with Gasteiger partial charge in [-0.15, -0.1) is 0 Å². The van der Waals surface area contributed by atoms with Gasteiger partial charge in [-0.25, -0.2) is 8.42 Å². The molecule has 0 fully saturated rings. The van der Waals surface area contributed by atoms with Crippen molar-refractivity contribution >= 4 is 33.2 Å². The lowest BCUT2D eigenvalue weighted by molar-refractivity contribution is 0.0952. The summed E-state index contributed by atoms with van der Waals surface area (Å²) in [4.78, 5) is 12.1. The summed E-state index contributed by atoms with van der Waals surface area (Å²) in [5.41, 5.74) is 1.52. The quantitative estimate of drug-likeness (QED) is 0.653. The van der Waals surface area contributed by atoms with E-state index in [4.69, 9.17) is 11.6 Å². The standard InChI is InChI=1S/C19H23ClN2O3S/c1-3-4-7-12-21-19(23)15-10-11-16(20)18(13-15)26(24,25)22-17-9-6-5-8-14(17)2/h5-6,8-11,13,22H,3-4,7,12H2,1-2H3,(H,21,23). The number of benzene rings is 2. The average Bonchev–Trinajstić information content (AvgIpc) is 2.60. The molecule has 0 spiro atoms. The van der Waals surface area contributed by atoms with Crippen molar-refractivity contribution in [1.82, 2.24) is 5.32 Å². The van der Waals surface area contributed by atoms with Crippen molar-refractivity contribution in [3.63, 3.8) is 0 Å². The SMILES string of the molecule is CCCCCNC(=O)c1ccc(Cl)c(S(=O)(=O)Nc2ccccc2C)c1. The van der Waals surface area contributed by atoms with Gasteiger partial charge in [0.05, 0.1) is 10.7 Å². The normalized spacial score (nSPS) is 11.2. The second-order valence-corrected chi connectivity index (χ2v) is 8.09. The summed E-state index contributed by atoms with van der Waals surface area (Å²) in [5, 5.41) is 2.86. The Kier molecular flexibility index (Phi) is 7.06. The molecule has 0 bridgehead atoms. The van der Waals surface area contributed by atoms with Gasteiger partial charge in [-0.2, -0.15) is 0 Å². The van der Waals surface area contributed by atoms with E-state index in [0.29, 0.717) is 12.2 Å². The van der Waals surface area contributed by atoms with Crippen LogP contribution >= 0.6 is 11.6 Å². The van der Waals surface area contributed by atoms with Crippen LogP contribution < -0.4 is 10.0 Å². The van der Waals surface area contributed by atoms with Gasteiger partial charge in [0.1, 0.15) is 4.90 Å². The molecule has 0 saturated carbocycles. The number of halogens is 1. The molecule has 5 nitrogen and oxygen atoms in total. The largest absolute Gasteiger partial charge is 0.352 e. The average molecular weight is 395 g/mol. The molecule has 0 atom stereocenters. The lowest BCUT2D eigenvalue weighted by atomic mass is 10.2. The minimum atomic E-state index is -3.91. The van der Waals surface area contributed by atoms with Crippen LogP contribution in [-0.2, 0) is 10.0 Å². The first kappa shape index (κ1) is 20.3. The zero-order chi connectivity index (χ0) is 19.2. The minimum Gasteiger partial charge on any atom is -0.352 e. The van der Waals surface area contributed by atoms with Crippen LogP contribution in [0, 0.1) is 6.92 Å². The van der Waals surface area contributed by atoms with E-state index in [-0.39, 0.29) is 21.4 Å². The maximum atomic E-state index is 12.7. The highest BCUT2D eigenvalue weighted by Gasteiger charge is 2.21. The molecule has 0 aliphatic carbocycles. The van der Waals surface area contributed by atoms with E-state index in [1.807, 2.05) is 6.07 Å². The molecule has 0 heterocycles. The number of anilines is 1. The van der Waals surface area contributed by atoms with Crippen LogP contribution in [-0.4, -0.2) is 20.9 Å². The van der Waals surface area contributed by atoms with Gasteiger partial charge in [0.15, 0.2) is 0 Å². The van der Waals surface area contributed by atoms with Crippen LogP contribution in [0.4, 0.5) is 5.69 Å².